The number of hydrogen-bond acceptors (Lipinski definition) is 2. The summed E-state index contributed by atoms with van der Waals surface area (Å²) in [7, 11) is 0. The van der Waals surface area contributed by atoms with Crippen LogP contribution < -0.4 is 0 Å². The summed E-state index contributed by atoms with van der Waals surface area (Å²) in [5, 5.41) is 1.43. The van der Waals surface area contributed by atoms with Gasteiger partial charge < -0.3 is 0 Å². The summed E-state index contributed by atoms with van der Waals surface area (Å²) >= 11 is 0. The largest absolute Gasteiger partial charge is 0.278 e. The highest BCUT2D eigenvalue weighted by molar-refractivity contribution is 5.94. The lowest BCUT2D eigenvalue weighted by Gasteiger charge is -2.48. The second-order valence-corrected chi connectivity index (χ2v) is 3.44. The normalized spacial score (nSPS) is 27.6. The van der Waals surface area contributed by atoms with Crippen LogP contribution in [0, 0.1) is 0 Å². The van der Waals surface area contributed by atoms with Crippen molar-refractivity contribution in [1.82, 2.24) is 5.06 Å². The van der Waals surface area contributed by atoms with Crippen molar-refractivity contribution >= 4 is 5.91 Å². The van der Waals surface area contributed by atoms with Crippen LogP contribution in [0.3, 0.4) is 0 Å². The molecule has 2 unspecified atom stereocenters. The summed E-state index contributed by atoms with van der Waals surface area (Å²) in [5.74, 6) is -0.0591. The molecule has 0 bridgehead atoms. The summed E-state index contributed by atoms with van der Waals surface area (Å²) < 4.78 is 0. The van der Waals surface area contributed by atoms with Gasteiger partial charge in [0.15, 0.2) is 0 Å². The maximum absolute atomic E-state index is 11.8. The Bertz CT molecular complexity index is 399. The molecule has 1 aliphatic carbocycles. The summed E-state index contributed by atoms with van der Waals surface area (Å²) in [4.78, 5) is 17.0. The topological polar surface area (TPSA) is 29.5 Å². The fraction of sp³-hybridized carbons (Fsp3) is 0.182. The molecule has 2 aliphatic rings. The van der Waals surface area contributed by atoms with Gasteiger partial charge in [0.2, 0.25) is 0 Å². The fourth-order valence-corrected chi connectivity index (χ4v) is 1.64. The van der Waals surface area contributed by atoms with Gasteiger partial charge in [0.1, 0.15) is 12.1 Å². The van der Waals surface area contributed by atoms with Crippen LogP contribution in [0.1, 0.15) is 10.4 Å². The number of fused-ring (bicyclic) bond motifs is 1. The number of amides is 1. The Balaban J connectivity index is 1.81. The molecule has 70 valence electrons. The molecule has 1 amide bonds. The maximum atomic E-state index is 11.8. The van der Waals surface area contributed by atoms with E-state index in [0.717, 1.165) is 0 Å². The van der Waals surface area contributed by atoms with E-state index < -0.39 is 0 Å². The predicted octanol–water partition coefficient (Wildman–Crippen LogP) is 1.38. The Morgan fingerprint density at radius 3 is 2.50 bits per heavy atom. The second-order valence-electron chi connectivity index (χ2n) is 3.44. The highest BCUT2D eigenvalue weighted by Gasteiger charge is 2.46. The van der Waals surface area contributed by atoms with Crippen LogP contribution in [0.5, 0.6) is 0 Å². The Labute approximate surface area is 81.5 Å². The Hall–Kier alpha value is -1.61. The van der Waals surface area contributed by atoms with E-state index in [-0.39, 0.29) is 18.1 Å². The predicted molar refractivity (Wildman–Crippen MR) is 50.4 cm³/mol. The number of rotatable bonds is 1. The van der Waals surface area contributed by atoms with Gasteiger partial charge >= 0.3 is 0 Å². The van der Waals surface area contributed by atoms with E-state index >= 15 is 0 Å². The van der Waals surface area contributed by atoms with Crippen molar-refractivity contribution in [3.05, 3.63) is 48.0 Å². The zero-order valence-corrected chi connectivity index (χ0v) is 7.46. The third-order valence-corrected chi connectivity index (χ3v) is 2.56. The molecule has 3 rings (SSSR count). The van der Waals surface area contributed by atoms with Crippen LogP contribution in [0.15, 0.2) is 42.5 Å². The highest BCUT2D eigenvalue weighted by Crippen LogP contribution is 2.32. The van der Waals surface area contributed by atoms with E-state index in [2.05, 4.69) is 0 Å². The summed E-state index contributed by atoms with van der Waals surface area (Å²) in [6, 6.07) is 9.34. The molecule has 1 aromatic carbocycles. The molecular formula is C11H9NO2. The van der Waals surface area contributed by atoms with Gasteiger partial charge in [0.05, 0.1) is 0 Å². The van der Waals surface area contributed by atoms with Gasteiger partial charge in [-0.25, -0.2) is 5.06 Å². The fourth-order valence-electron chi connectivity index (χ4n) is 1.64. The average Bonchev–Trinajstić information content (AvgIpc) is 2.22. The molecule has 2 atom stereocenters. The second kappa shape index (κ2) is 2.69. The van der Waals surface area contributed by atoms with E-state index in [1.807, 2.05) is 30.4 Å². The molecule has 3 heteroatoms. The zero-order valence-electron chi connectivity index (χ0n) is 7.46. The van der Waals surface area contributed by atoms with Gasteiger partial charge in [-0.2, -0.15) is 0 Å². The first-order valence-corrected chi connectivity index (χ1v) is 4.60. The van der Waals surface area contributed by atoms with Crippen LogP contribution in [0.25, 0.3) is 0 Å². The van der Waals surface area contributed by atoms with Crippen LogP contribution in [-0.4, -0.2) is 23.1 Å². The summed E-state index contributed by atoms with van der Waals surface area (Å²) in [6.45, 7) is 0. The van der Waals surface area contributed by atoms with E-state index in [4.69, 9.17) is 4.84 Å². The molecule has 0 radical (unpaired) electrons. The minimum Gasteiger partial charge on any atom is -0.267 e. The Morgan fingerprint density at radius 2 is 2.00 bits per heavy atom. The van der Waals surface area contributed by atoms with Crippen LogP contribution in [0.4, 0.5) is 0 Å². The highest BCUT2D eigenvalue weighted by atomic mass is 16.7. The lowest BCUT2D eigenvalue weighted by Crippen LogP contribution is -2.62. The molecule has 0 spiro atoms. The molecule has 1 heterocycles. The molecule has 1 fully saturated rings. The SMILES string of the molecule is O=C(c1ccccc1)N1OC2C=CC21. The molecule has 0 saturated carbocycles. The quantitative estimate of drug-likeness (QED) is 0.621. The third kappa shape index (κ3) is 0.930. The molecule has 3 nitrogen and oxygen atoms in total. The van der Waals surface area contributed by atoms with Crippen LogP contribution in [0.2, 0.25) is 0 Å². The van der Waals surface area contributed by atoms with E-state index in [0.29, 0.717) is 5.56 Å². The van der Waals surface area contributed by atoms with Crippen molar-refractivity contribution in [2.45, 2.75) is 12.1 Å². The van der Waals surface area contributed by atoms with Gasteiger partial charge in [-0.1, -0.05) is 30.4 Å². The van der Waals surface area contributed by atoms with Crippen LogP contribution >= 0.6 is 0 Å². The van der Waals surface area contributed by atoms with E-state index in [1.54, 1.807) is 12.1 Å². The van der Waals surface area contributed by atoms with Gasteiger partial charge in [0, 0.05) is 5.56 Å². The van der Waals surface area contributed by atoms with Gasteiger partial charge in [0.25, 0.3) is 5.91 Å². The lowest BCUT2D eigenvalue weighted by atomic mass is 9.96. The van der Waals surface area contributed by atoms with E-state index in [1.165, 1.54) is 5.06 Å². The van der Waals surface area contributed by atoms with Crippen molar-refractivity contribution in [2.24, 2.45) is 0 Å². The van der Waals surface area contributed by atoms with Gasteiger partial charge in [-0.05, 0) is 12.1 Å². The third-order valence-electron chi connectivity index (χ3n) is 2.56. The monoisotopic (exact) mass is 187 g/mol. The number of hydrogen-bond donors (Lipinski definition) is 0. The van der Waals surface area contributed by atoms with Gasteiger partial charge in [-0.3, -0.25) is 9.63 Å². The molecular weight excluding hydrogens is 178 g/mol. The number of carbonyl (C=O) groups is 1. The van der Waals surface area contributed by atoms with Crippen molar-refractivity contribution in [3.8, 4) is 0 Å². The first-order valence-electron chi connectivity index (χ1n) is 4.60. The first kappa shape index (κ1) is 7.76. The Kier molecular flexibility index (Phi) is 1.49. The molecule has 1 saturated heterocycles. The maximum Gasteiger partial charge on any atom is 0.278 e. The number of nitrogens with zero attached hydrogens (tertiary/aromatic N) is 1. The van der Waals surface area contributed by atoms with Gasteiger partial charge in [-0.15, -0.1) is 0 Å². The molecule has 0 aromatic heterocycles. The zero-order chi connectivity index (χ0) is 9.54. The standard InChI is InChI=1S/C11H9NO2/c13-11(8-4-2-1-3-5-8)12-9-6-7-10(9)14-12/h1-7,9-10H. The first-order chi connectivity index (χ1) is 6.86. The van der Waals surface area contributed by atoms with Crippen molar-refractivity contribution in [3.63, 3.8) is 0 Å². The number of carbonyl (C=O) groups excluding carboxylic acids is 1. The Morgan fingerprint density at radius 1 is 1.21 bits per heavy atom. The number of benzene rings is 1. The minimum absolute atomic E-state index is 0.0591. The van der Waals surface area contributed by atoms with E-state index in [9.17, 15) is 4.79 Å². The average molecular weight is 187 g/mol. The molecule has 1 aromatic rings. The smallest absolute Gasteiger partial charge is 0.267 e. The molecule has 1 aliphatic heterocycles. The van der Waals surface area contributed by atoms with Crippen molar-refractivity contribution in [1.29, 1.82) is 0 Å². The summed E-state index contributed by atoms with van der Waals surface area (Å²) in [5.41, 5.74) is 0.672. The van der Waals surface area contributed by atoms with Crippen molar-refractivity contribution < 1.29 is 9.63 Å². The number of hydroxylamine groups is 2. The lowest BCUT2D eigenvalue weighted by molar-refractivity contribution is -0.281. The minimum atomic E-state index is -0.0591. The van der Waals surface area contributed by atoms with Crippen molar-refractivity contribution in [2.75, 3.05) is 0 Å². The van der Waals surface area contributed by atoms with Crippen LogP contribution in [-0.2, 0) is 4.84 Å². The molecule has 0 N–H and O–H groups in total. The molecule has 14 heavy (non-hydrogen) atoms. The summed E-state index contributed by atoms with van der Waals surface area (Å²) in [6.07, 6.45) is 4.08.